The third-order valence-corrected chi connectivity index (χ3v) is 13.5. The normalized spacial score (nSPS) is 34.8. The first-order chi connectivity index (χ1) is 13.9. The molecule has 0 bridgehead atoms. The fraction of sp³-hybridized carbons (Fsp3) is 1.00. The highest BCUT2D eigenvalue weighted by atomic mass is 28.4. The number of hydrogen-bond donors (Lipinski definition) is 0. The van der Waals surface area contributed by atoms with E-state index in [1.807, 2.05) is 0 Å². The molecule has 0 unspecified atom stereocenters. The summed E-state index contributed by atoms with van der Waals surface area (Å²) in [6, 6.07) is 0. The summed E-state index contributed by atoms with van der Waals surface area (Å²) in [5, 5.41) is 0.280. The van der Waals surface area contributed by atoms with Gasteiger partial charge in [-0.1, -0.05) is 27.2 Å². The SMILES string of the molecule is COCOC(C)(C)CCC[C@H]1OC[C@]23CCC[C@H](O[Si](C)(C)C(C)(C)C)[C@@H]2CC[C@H]13. The predicted octanol–water partition coefficient (Wildman–Crippen LogP) is 6.54. The molecule has 5 atom stereocenters. The predicted molar refractivity (Wildman–Crippen MR) is 125 cm³/mol. The van der Waals surface area contributed by atoms with Gasteiger partial charge in [-0.3, -0.25) is 0 Å². The molecule has 2 aliphatic carbocycles. The lowest BCUT2D eigenvalue weighted by molar-refractivity contribution is -0.118. The van der Waals surface area contributed by atoms with Crippen molar-refractivity contribution in [2.24, 2.45) is 17.3 Å². The van der Waals surface area contributed by atoms with Crippen LogP contribution >= 0.6 is 0 Å². The standard InChI is InChI=1S/C25H48O4Si/c1-23(2,3)30(7,8)29-22-12-10-16-25-17-27-21(19(25)13-14-20(22)25)11-9-15-24(4,5)28-18-26-6/h19-22H,9-18H2,1-8H3/t19-,20+,21-,22+,25+/m1/s1. The van der Waals surface area contributed by atoms with Crippen molar-refractivity contribution in [2.45, 2.75) is 122 Å². The molecule has 0 aromatic carbocycles. The Labute approximate surface area is 186 Å². The largest absolute Gasteiger partial charge is 0.414 e. The van der Waals surface area contributed by atoms with Gasteiger partial charge in [-0.2, -0.15) is 0 Å². The Kier molecular flexibility index (Phi) is 7.51. The van der Waals surface area contributed by atoms with Gasteiger partial charge in [-0.05, 0) is 88.8 Å². The molecule has 3 fully saturated rings. The topological polar surface area (TPSA) is 36.9 Å². The van der Waals surface area contributed by atoms with Gasteiger partial charge in [0, 0.05) is 18.6 Å². The maximum absolute atomic E-state index is 7.01. The summed E-state index contributed by atoms with van der Waals surface area (Å²) in [7, 11) is -0.0494. The summed E-state index contributed by atoms with van der Waals surface area (Å²) >= 11 is 0. The molecular formula is C25H48O4Si. The monoisotopic (exact) mass is 440 g/mol. The molecule has 0 N–H and O–H groups in total. The van der Waals surface area contributed by atoms with Crippen LogP contribution in [0, 0.1) is 17.3 Å². The molecule has 0 radical (unpaired) electrons. The van der Waals surface area contributed by atoms with Crippen molar-refractivity contribution < 1.29 is 18.6 Å². The van der Waals surface area contributed by atoms with Crippen molar-refractivity contribution >= 4 is 8.32 Å². The van der Waals surface area contributed by atoms with E-state index in [4.69, 9.17) is 18.6 Å². The Balaban J connectivity index is 1.60. The Bertz CT molecular complexity index is 570. The number of rotatable bonds is 9. The summed E-state index contributed by atoms with van der Waals surface area (Å²) in [5.41, 5.74) is 0.259. The van der Waals surface area contributed by atoms with Gasteiger partial charge in [-0.15, -0.1) is 0 Å². The van der Waals surface area contributed by atoms with Crippen molar-refractivity contribution in [3.8, 4) is 0 Å². The lowest BCUT2D eigenvalue weighted by Crippen LogP contribution is -2.50. The van der Waals surface area contributed by atoms with Gasteiger partial charge in [-0.25, -0.2) is 0 Å². The highest BCUT2D eigenvalue weighted by Crippen LogP contribution is 2.62. The quantitative estimate of drug-likeness (QED) is 0.301. The third-order valence-electron chi connectivity index (χ3n) is 8.95. The van der Waals surface area contributed by atoms with E-state index in [1.54, 1.807) is 7.11 Å². The summed E-state index contributed by atoms with van der Waals surface area (Å²) < 4.78 is 24.4. The van der Waals surface area contributed by atoms with Crippen LogP contribution in [0.4, 0.5) is 0 Å². The Hall–Kier alpha value is 0.0569. The smallest absolute Gasteiger partial charge is 0.192 e. The molecule has 0 aromatic rings. The second-order valence-corrected chi connectivity index (χ2v) is 17.1. The zero-order valence-electron chi connectivity index (χ0n) is 21.0. The first-order valence-corrected chi connectivity index (χ1v) is 15.2. The minimum atomic E-state index is -1.73. The van der Waals surface area contributed by atoms with Gasteiger partial charge in [0.1, 0.15) is 6.79 Å². The lowest BCUT2D eigenvalue weighted by atomic mass is 9.63. The van der Waals surface area contributed by atoms with E-state index >= 15 is 0 Å². The first-order valence-electron chi connectivity index (χ1n) is 12.3. The Morgan fingerprint density at radius 3 is 2.40 bits per heavy atom. The minimum absolute atomic E-state index is 0.128. The van der Waals surface area contributed by atoms with Crippen LogP contribution in [0.15, 0.2) is 0 Å². The summed E-state index contributed by atoms with van der Waals surface area (Å²) in [6.45, 7) is 17.6. The van der Waals surface area contributed by atoms with Crippen LogP contribution in [0.5, 0.6) is 0 Å². The second kappa shape index (κ2) is 9.13. The van der Waals surface area contributed by atoms with E-state index in [9.17, 15) is 0 Å². The van der Waals surface area contributed by atoms with Crippen LogP contribution in [0.2, 0.25) is 18.1 Å². The fourth-order valence-electron chi connectivity index (χ4n) is 6.19. The van der Waals surface area contributed by atoms with Crippen molar-refractivity contribution in [1.82, 2.24) is 0 Å². The van der Waals surface area contributed by atoms with Crippen LogP contribution in [-0.4, -0.2) is 46.6 Å². The molecular weight excluding hydrogens is 392 g/mol. The van der Waals surface area contributed by atoms with Crippen LogP contribution in [-0.2, 0) is 18.6 Å². The maximum atomic E-state index is 7.01. The van der Waals surface area contributed by atoms with Gasteiger partial charge in [0.25, 0.3) is 0 Å². The zero-order valence-corrected chi connectivity index (χ0v) is 22.0. The van der Waals surface area contributed by atoms with Crippen molar-refractivity contribution in [1.29, 1.82) is 0 Å². The fourth-order valence-corrected chi connectivity index (χ4v) is 7.58. The average molecular weight is 441 g/mol. The molecule has 1 spiro atoms. The molecule has 3 aliphatic rings. The third kappa shape index (κ3) is 5.01. The van der Waals surface area contributed by atoms with Crippen molar-refractivity contribution in [3.63, 3.8) is 0 Å². The van der Waals surface area contributed by atoms with Crippen molar-refractivity contribution in [3.05, 3.63) is 0 Å². The van der Waals surface area contributed by atoms with E-state index in [1.165, 1.54) is 32.1 Å². The molecule has 2 saturated carbocycles. The first kappa shape index (κ1) is 24.7. The number of methoxy groups -OCH3 is 1. The number of hydrogen-bond acceptors (Lipinski definition) is 4. The minimum Gasteiger partial charge on any atom is -0.414 e. The van der Waals surface area contributed by atoms with Gasteiger partial charge < -0.3 is 18.6 Å². The highest BCUT2D eigenvalue weighted by molar-refractivity contribution is 6.74. The summed E-state index contributed by atoms with van der Waals surface area (Å²) in [6.07, 6.45) is 10.8. The van der Waals surface area contributed by atoms with E-state index < -0.39 is 8.32 Å². The van der Waals surface area contributed by atoms with E-state index in [2.05, 4.69) is 47.7 Å². The molecule has 1 saturated heterocycles. The summed E-state index contributed by atoms with van der Waals surface area (Å²) in [4.78, 5) is 0. The number of ether oxygens (including phenoxy) is 3. The highest BCUT2D eigenvalue weighted by Gasteiger charge is 2.61. The molecule has 176 valence electrons. The van der Waals surface area contributed by atoms with Gasteiger partial charge in [0.2, 0.25) is 0 Å². The lowest BCUT2D eigenvalue weighted by Gasteiger charge is -2.48. The molecule has 5 heteroatoms. The molecule has 1 aliphatic heterocycles. The molecule has 30 heavy (non-hydrogen) atoms. The summed E-state index contributed by atoms with van der Waals surface area (Å²) in [5.74, 6) is 1.44. The van der Waals surface area contributed by atoms with Crippen LogP contribution in [0.3, 0.4) is 0 Å². The van der Waals surface area contributed by atoms with E-state index in [0.29, 0.717) is 30.3 Å². The molecule has 0 amide bonds. The Morgan fingerprint density at radius 2 is 1.73 bits per heavy atom. The molecule has 0 aromatic heterocycles. The second-order valence-electron chi connectivity index (χ2n) is 12.4. The van der Waals surface area contributed by atoms with Gasteiger partial charge >= 0.3 is 0 Å². The van der Waals surface area contributed by atoms with Gasteiger partial charge in [0.05, 0.1) is 18.3 Å². The maximum Gasteiger partial charge on any atom is 0.192 e. The van der Waals surface area contributed by atoms with Gasteiger partial charge in [0.15, 0.2) is 8.32 Å². The van der Waals surface area contributed by atoms with E-state index in [-0.39, 0.29) is 10.6 Å². The zero-order chi connectivity index (χ0) is 22.2. The molecule has 4 nitrogen and oxygen atoms in total. The molecule has 3 rings (SSSR count). The average Bonchev–Trinajstić information content (AvgIpc) is 3.16. The van der Waals surface area contributed by atoms with Crippen molar-refractivity contribution in [2.75, 3.05) is 20.5 Å². The van der Waals surface area contributed by atoms with Crippen LogP contribution < -0.4 is 0 Å². The Morgan fingerprint density at radius 1 is 1.03 bits per heavy atom. The van der Waals surface area contributed by atoms with E-state index in [0.717, 1.165) is 31.8 Å². The molecule has 1 heterocycles. The van der Waals surface area contributed by atoms with Crippen LogP contribution in [0.25, 0.3) is 0 Å². The van der Waals surface area contributed by atoms with Crippen LogP contribution in [0.1, 0.15) is 86.0 Å².